The van der Waals surface area contributed by atoms with E-state index < -0.39 is 18.5 Å². The molecular formula is C19H12Br2N2O5. The van der Waals surface area contributed by atoms with Crippen molar-refractivity contribution in [1.82, 2.24) is 0 Å². The quantitative estimate of drug-likeness (QED) is 0.373. The summed E-state index contributed by atoms with van der Waals surface area (Å²) < 4.78 is 16.9. The molecule has 9 heteroatoms. The van der Waals surface area contributed by atoms with Crippen molar-refractivity contribution in [2.75, 3.05) is 18.7 Å². The lowest BCUT2D eigenvalue weighted by atomic mass is 10.1. The molecule has 0 bridgehead atoms. The number of amides is 1. The van der Waals surface area contributed by atoms with E-state index in [1.54, 1.807) is 42.5 Å². The molecule has 2 aromatic rings. The van der Waals surface area contributed by atoms with Crippen LogP contribution in [0.15, 0.2) is 50.9 Å². The summed E-state index contributed by atoms with van der Waals surface area (Å²) in [5, 5.41) is 11.8. The molecule has 1 aliphatic heterocycles. The predicted octanol–water partition coefficient (Wildman–Crippen LogP) is 4.03. The first-order valence-electron chi connectivity index (χ1n) is 7.90. The van der Waals surface area contributed by atoms with Crippen LogP contribution in [-0.4, -0.2) is 25.3 Å². The van der Waals surface area contributed by atoms with Gasteiger partial charge in [-0.25, -0.2) is 4.79 Å². The van der Waals surface area contributed by atoms with E-state index in [4.69, 9.17) is 14.2 Å². The number of esters is 1. The second kappa shape index (κ2) is 8.91. The topological polar surface area (TPSA) is 97.7 Å². The Hall–Kier alpha value is -2.83. The van der Waals surface area contributed by atoms with Gasteiger partial charge in [-0.2, -0.15) is 5.26 Å². The van der Waals surface area contributed by atoms with Crippen molar-refractivity contribution in [2.24, 2.45) is 0 Å². The van der Waals surface area contributed by atoms with Gasteiger partial charge in [-0.3, -0.25) is 4.79 Å². The van der Waals surface area contributed by atoms with Gasteiger partial charge in [-0.15, -0.1) is 0 Å². The molecule has 1 heterocycles. The minimum absolute atomic E-state index is 0.124. The number of halogens is 2. The Morgan fingerprint density at radius 1 is 1.18 bits per heavy atom. The Kier molecular flexibility index (Phi) is 6.34. The average Bonchev–Trinajstić information content (AvgIpc) is 3.14. The highest BCUT2D eigenvalue weighted by atomic mass is 79.9. The summed E-state index contributed by atoms with van der Waals surface area (Å²) in [5.74, 6) is -0.310. The minimum Gasteiger partial charge on any atom is -0.454 e. The maximum absolute atomic E-state index is 12.1. The van der Waals surface area contributed by atoms with E-state index in [0.29, 0.717) is 27.2 Å². The largest absolute Gasteiger partial charge is 0.454 e. The number of nitriles is 1. The van der Waals surface area contributed by atoms with Gasteiger partial charge in [0.25, 0.3) is 5.91 Å². The van der Waals surface area contributed by atoms with Crippen molar-refractivity contribution in [1.29, 1.82) is 5.26 Å². The number of nitrogens with zero attached hydrogens (tertiary/aromatic N) is 1. The molecule has 0 aliphatic carbocycles. The molecule has 0 spiro atoms. The highest BCUT2D eigenvalue weighted by molar-refractivity contribution is 9.11. The number of hydrogen-bond donors (Lipinski definition) is 1. The van der Waals surface area contributed by atoms with Crippen molar-refractivity contribution >= 4 is 55.5 Å². The summed E-state index contributed by atoms with van der Waals surface area (Å²) in [6.07, 6.45) is 1.35. The molecule has 142 valence electrons. The number of carbonyl (C=O) groups excluding carboxylic acids is 2. The molecule has 1 N–H and O–H groups in total. The van der Waals surface area contributed by atoms with E-state index in [9.17, 15) is 14.9 Å². The zero-order chi connectivity index (χ0) is 20.1. The van der Waals surface area contributed by atoms with Gasteiger partial charge < -0.3 is 19.5 Å². The van der Waals surface area contributed by atoms with Crippen LogP contribution in [0.3, 0.4) is 0 Å². The first-order chi connectivity index (χ1) is 13.5. The maximum Gasteiger partial charge on any atom is 0.349 e. The molecule has 0 aromatic heterocycles. The van der Waals surface area contributed by atoms with Crippen LogP contribution in [0.4, 0.5) is 5.69 Å². The van der Waals surface area contributed by atoms with E-state index in [0.717, 1.165) is 4.47 Å². The van der Waals surface area contributed by atoms with Gasteiger partial charge in [0.05, 0.1) is 5.69 Å². The number of benzene rings is 2. The fraction of sp³-hybridized carbons (Fsp3) is 0.105. The Bertz CT molecular complexity index is 1010. The molecule has 0 fully saturated rings. The van der Waals surface area contributed by atoms with Gasteiger partial charge in [0, 0.05) is 8.95 Å². The van der Waals surface area contributed by atoms with Crippen LogP contribution in [0.5, 0.6) is 11.5 Å². The summed E-state index contributed by atoms with van der Waals surface area (Å²) in [7, 11) is 0. The van der Waals surface area contributed by atoms with E-state index in [-0.39, 0.29) is 12.4 Å². The lowest BCUT2D eigenvalue weighted by Crippen LogP contribution is -2.21. The summed E-state index contributed by atoms with van der Waals surface area (Å²) >= 11 is 6.64. The van der Waals surface area contributed by atoms with Gasteiger partial charge in [0.15, 0.2) is 18.1 Å². The number of hydrogen-bond acceptors (Lipinski definition) is 6. The van der Waals surface area contributed by atoms with Crippen molar-refractivity contribution in [3.63, 3.8) is 0 Å². The maximum atomic E-state index is 12.1. The standard InChI is InChI=1S/C19H12Br2N2O5/c20-13-2-3-15(14(21)7-13)23-18(24)9-26-19(25)12(8-22)5-11-1-4-16-17(6-11)28-10-27-16/h1-7H,9-10H2,(H,23,24)/b12-5+. The number of fused-ring (bicyclic) bond motifs is 1. The van der Waals surface area contributed by atoms with Crippen LogP contribution >= 0.6 is 31.9 Å². The highest BCUT2D eigenvalue weighted by Gasteiger charge is 2.16. The van der Waals surface area contributed by atoms with Crippen LogP contribution in [0.2, 0.25) is 0 Å². The first-order valence-corrected chi connectivity index (χ1v) is 9.48. The van der Waals surface area contributed by atoms with Crippen LogP contribution in [-0.2, 0) is 14.3 Å². The van der Waals surface area contributed by atoms with Crippen LogP contribution in [0.1, 0.15) is 5.56 Å². The Balaban J connectivity index is 1.61. The highest BCUT2D eigenvalue weighted by Crippen LogP contribution is 2.33. The summed E-state index contributed by atoms with van der Waals surface area (Å²) in [6.45, 7) is -0.402. The van der Waals surface area contributed by atoms with Gasteiger partial charge in [0.1, 0.15) is 11.6 Å². The predicted molar refractivity (Wildman–Crippen MR) is 108 cm³/mol. The van der Waals surface area contributed by atoms with Crippen LogP contribution in [0, 0.1) is 11.3 Å². The summed E-state index contributed by atoms with van der Waals surface area (Å²) in [6, 6.07) is 12.0. The third kappa shape index (κ3) is 4.91. The number of ether oxygens (including phenoxy) is 3. The Morgan fingerprint density at radius 2 is 1.96 bits per heavy atom. The molecule has 7 nitrogen and oxygen atoms in total. The van der Waals surface area contributed by atoms with E-state index in [1.165, 1.54) is 6.08 Å². The first kappa shape index (κ1) is 19.9. The fourth-order valence-electron chi connectivity index (χ4n) is 2.29. The molecule has 0 radical (unpaired) electrons. The number of nitrogens with one attached hydrogen (secondary N) is 1. The number of carbonyl (C=O) groups is 2. The Labute approximate surface area is 177 Å². The molecule has 0 atom stereocenters. The van der Waals surface area contributed by atoms with Gasteiger partial charge >= 0.3 is 5.97 Å². The van der Waals surface area contributed by atoms with E-state index in [2.05, 4.69) is 37.2 Å². The summed E-state index contributed by atoms with van der Waals surface area (Å²) in [4.78, 5) is 24.1. The molecule has 3 rings (SSSR count). The molecule has 28 heavy (non-hydrogen) atoms. The molecule has 1 amide bonds. The smallest absolute Gasteiger partial charge is 0.349 e. The molecule has 0 saturated heterocycles. The third-order valence-electron chi connectivity index (χ3n) is 3.59. The summed E-state index contributed by atoms with van der Waals surface area (Å²) in [5.41, 5.74) is 0.859. The number of anilines is 1. The second-order valence-electron chi connectivity index (χ2n) is 5.53. The zero-order valence-corrected chi connectivity index (χ0v) is 17.4. The molecule has 1 aliphatic rings. The average molecular weight is 508 g/mol. The lowest BCUT2D eigenvalue weighted by molar-refractivity contribution is -0.142. The van der Waals surface area contributed by atoms with Crippen molar-refractivity contribution in [3.05, 3.63) is 56.5 Å². The molecule has 2 aromatic carbocycles. The SMILES string of the molecule is N#C/C(=C\c1ccc2c(c1)OCO2)C(=O)OCC(=O)Nc1ccc(Br)cc1Br. The van der Waals surface area contributed by atoms with E-state index >= 15 is 0 Å². The molecular weight excluding hydrogens is 496 g/mol. The molecule has 0 saturated carbocycles. The normalized spacial score (nSPS) is 12.2. The van der Waals surface area contributed by atoms with Gasteiger partial charge in [-0.05, 0) is 57.9 Å². The minimum atomic E-state index is -0.898. The van der Waals surface area contributed by atoms with Gasteiger partial charge in [0.2, 0.25) is 6.79 Å². The molecule has 0 unspecified atom stereocenters. The van der Waals surface area contributed by atoms with Crippen molar-refractivity contribution < 1.29 is 23.8 Å². The lowest BCUT2D eigenvalue weighted by Gasteiger charge is -2.08. The van der Waals surface area contributed by atoms with Crippen LogP contribution in [0.25, 0.3) is 6.08 Å². The van der Waals surface area contributed by atoms with Gasteiger partial charge in [-0.1, -0.05) is 22.0 Å². The van der Waals surface area contributed by atoms with Crippen molar-refractivity contribution in [2.45, 2.75) is 0 Å². The third-order valence-corrected chi connectivity index (χ3v) is 4.74. The zero-order valence-electron chi connectivity index (χ0n) is 14.2. The number of rotatable bonds is 5. The Morgan fingerprint density at radius 3 is 2.71 bits per heavy atom. The van der Waals surface area contributed by atoms with Crippen molar-refractivity contribution in [3.8, 4) is 17.6 Å². The van der Waals surface area contributed by atoms with Crippen LogP contribution < -0.4 is 14.8 Å². The second-order valence-corrected chi connectivity index (χ2v) is 7.30. The monoisotopic (exact) mass is 506 g/mol. The fourth-order valence-corrected chi connectivity index (χ4v) is 3.44. The van der Waals surface area contributed by atoms with E-state index in [1.807, 2.05) is 0 Å².